The number of carbonyl (C=O) groups is 2. The molecule has 1 N–H and O–H groups in total. The van der Waals surface area contributed by atoms with Crippen molar-refractivity contribution >= 4 is 17.5 Å². The fourth-order valence-electron chi connectivity index (χ4n) is 3.65. The van der Waals surface area contributed by atoms with Crippen molar-refractivity contribution in [3.05, 3.63) is 76.7 Å². The molecular formula is C22H20FN3O2. The minimum atomic E-state index is -0.592. The second kappa shape index (κ2) is 7.03. The van der Waals surface area contributed by atoms with Crippen LogP contribution in [0, 0.1) is 12.7 Å². The molecule has 0 fully saturated rings. The molecule has 5 nitrogen and oxygen atoms in total. The van der Waals surface area contributed by atoms with Gasteiger partial charge in [0.2, 0.25) is 5.91 Å². The molecule has 0 aliphatic carbocycles. The molecule has 0 saturated heterocycles. The molecule has 0 unspecified atom stereocenters. The Morgan fingerprint density at radius 2 is 1.86 bits per heavy atom. The average molecular weight is 377 g/mol. The number of rotatable bonds is 4. The maximum atomic E-state index is 13.3. The molecule has 4 rings (SSSR count). The van der Waals surface area contributed by atoms with Gasteiger partial charge in [-0.25, -0.2) is 9.07 Å². The minimum absolute atomic E-state index is 0.0807. The molecule has 1 aliphatic rings. The van der Waals surface area contributed by atoms with E-state index in [0.717, 1.165) is 12.0 Å². The summed E-state index contributed by atoms with van der Waals surface area (Å²) in [5, 5.41) is 7.34. The first-order chi connectivity index (χ1) is 13.5. The summed E-state index contributed by atoms with van der Waals surface area (Å²) in [7, 11) is 0. The smallest absolute Gasteiger partial charge is 0.226 e. The van der Waals surface area contributed by atoms with Crippen molar-refractivity contribution < 1.29 is 14.0 Å². The van der Waals surface area contributed by atoms with Crippen molar-refractivity contribution in [2.24, 2.45) is 0 Å². The number of nitrogens with one attached hydrogen (secondary N) is 1. The Kier molecular flexibility index (Phi) is 4.55. The Morgan fingerprint density at radius 1 is 1.18 bits per heavy atom. The summed E-state index contributed by atoms with van der Waals surface area (Å²) in [6, 6.07) is 13.3. The number of benzene rings is 2. The van der Waals surface area contributed by atoms with Crippen LogP contribution in [0.25, 0.3) is 5.69 Å². The van der Waals surface area contributed by atoms with E-state index in [1.165, 1.54) is 12.1 Å². The van der Waals surface area contributed by atoms with Gasteiger partial charge in [-0.05, 0) is 43.2 Å². The lowest BCUT2D eigenvalue weighted by molar-refractivity contribution is -0.116. The highest BCUT2D eigenvalue weighted by molar-refractivity contribution is 6.08. The molecule has 0 spiro atoms. The summed E-state index contributed by atoms with van der Waals surface area (Å²) in [4.78, 5) is 25.5. The number of aromatic nitrogens is 2. The van der Waals surface area contributed by atoms with Crippen LogP contribution < -0.4 is 5.32 Å². The third kappa shape index (κ3) is 3.11. The number of hydrogen-bond donors (Lipinski definition) is 1. The second-order valence-corrected chi connectivity index (χ2v) is 6.96. The highest BCUT2D eigenvalue weighted by Gasteiger charge is 2.36. The highest BCUT2D eigenvalue weighted by Crippen LogP contribution is 2.38. The van der Waals surface area contributed by atoms with E-state index in [-0.39, 0.29) is 23.9 Å². The van der Waals surface area contributed by atoms with Crippen molar-refractivity contribution in [2.75, 3.05) is 5.32 Å². The monoisotopic (exact) mass is 377 g/mol. The Labute approximate surface area is 162 Å². The van der Waals surface area contributed by atoms with Gasteiger partial charge in [-0.1, -0.05) is 31.2 Å². The quantitative estimate of drug-likeness (QED) is 0.694. The molecule has 3 aromatic rings. The zero-order valence-corrected chi connectivity index (χ0v) is 15.7. The number of Topliss-reactive ketones (excluding diaryl/α,β-unsaturated/α-hetero) is 1. The van der Waals surface area contributed by atoms with Crippen LogP contribution in [0.4, 0.5) is 10.2 Å². The molecule has 0 saturated carbocycles. The Balaban J connectivity index is 1.77. The van der Waals surface area contributed by atoms with Gasteiger partial charge in [0.1, 0.15) is 11.6 Å². The predicted molar refractivity (Wildman–Crippen MR) is 104 cm³/mol. The first kappa shape index (κ1) is 18.1. The van der Waals surface area contributed by atoms with E-state index < -0.39 is 5.92 Å². The van der Waals surface area contributed by atoms with Gasteiger partial charge in [-0.2, -0.15) is 5.10 Å². The summed E-state index contributed by atoms with van der Waals surface area (Å²) in [6.07, 6.45) is 0.977. The van der Waals surface area contributed by atoms with Gasteiger partial charge >= 0.3 is 0 Å². The second-order valence-electron chi connectivity index (χ2n) is 6.96. The van der Waals surface area contributed by atoms with Crippen LogP contribution in [-0.2, 0) is 11.2 Å². The molecule has 142 valence electrons. The van der Waals surface area contributed by atoms with E-state index in [0.29, 0.717) is 28.3 Å². The van der Waals surface area contributed by atoms with Gasteiger partial charge in [0.05, 0.1) is 17.3 Å². The lowest BCUT2D eigenvalue weighted by atomic mass is 9.85. The Morgan fingerprint density at radius 3 is 2.50 bits per heavy atom. The van der Waals surface area contributed by atoms with Crippen molar-refractivity contribution in [2.45, 2.75) is 32.6 Å². The third-order valence-corrected chi connectivity index (χ3v) is 5.14. The topological polar surface area (TPSA) is 64.0 Å². The lowest BCUT2D eigenvalue weighted by Crippen LogP contribution is -2.28. The zero-order chi connectivity index (χ0) is 19.8. The zero-order valence-electron chi connectivity index (χ0n) is 15.7. The standard InChI is InChI=1S/C22H20FN3O2/c1-3-14-4-6-15(7-5-14)21(28)18-12-19(27)24-22-20(18)13(2)25-26(22)17-10-8-16(23)9-11-17/h4-11,18H,3,12H2,1-2H3,(H,24,27)/t18-/m1/s1. The van der Waals surface area contributed by atoms with Crippen LogP contribution in [0.3, 0.4) is 0 Å². The predicted octanol–water partition coefficient (Wildman–Crippen LogP) is 4.19. The van der Waals surface area contributed by atoms with Gasteiger partial charge in [-0.3, -0.25) is 9.59 Å². The van der Waals surface area contributed by atoms with Crippen LogP contribution in [0.2, 0.25) is 0 Å². The normalized spacial score (nSPS) is 15.8. The summed E-state index contributed by atoms with van der Waals surface area (Å²) in [6.45, 7) is 3.87. The number of ketones is 1. The summed E-state index contributed by atoms with van der Waals surface area (Å²) < 4.78 is 14.8. The van der Waals surface area contributed by atoms with Crippen molar-refractivity contribution in [1.29, 1.82) is 0 Å². The van der Waals surface area contributed by atoms with Gasteiger partial charge in [-0.15, -0.1) is 0 Å². The Hall–Kier alpha value is -3.28. The number of hydrogen-bond acceptors (Lipinski definition) is 3. The van der Waals surface area contributed by atoms with E-state index in [9.17, 15) is 14.0 Å². The molecule has 2 aromatic carbocycles. The largest absolute Gasteiger partial charge is 0.310 e. The summed E-state index contributed by atoms with van der Waals surface area (Å²) in [5.41, 5.74) is 3.73. The first-order valence-electron chi connectivity index (χ1n) is 9.26. The van der Waals surface area contributed by atoms with Gasteiger partial charge in [0, 0.05) is 17.5 Å². The van der Waals surface area contributed by atoms with E-state index in [2.05, 4.69) is 17.3 Å². The number of anilines is 1. The number of nitrogens with zero attached hydrogens (tertiary/aromatic N) is 2. The van der Waals surface area contributed by atoms with E-state index >= 15 is 0 Å². The van der Waals surface area contributed by atoms with Crippen LogP contribution in [0.5, 0.6) is 0 Å². The van der Waals surface area contributed by atoms with Crippen LogP contribution in [0.15, 0.2) is 48.5 Å². The number of aryl methyl sites for hydroxylation is 2. The van der Waals surface area contributed by atoms with E-state index in [1.807, 2.05) is 31.2 Å². The average Bonchev–Trinajstić information content (AvgIpc) is 3.03. The molecular weight excluding hydrogens is 357 g/mol. The molecule has 6 heteroatoms. The van der Waals surface area contributed by atoms with E-state index in [4.69, 9.17) is 0 Å². The molecule has 1 atom stereocenters. The van der Waals surface area contributed by atoms with Gasteiger partial charge in [0.25, 0.3) is 0 Å². The number of carbonyl (C=O) groups excluding carboxylic acids is 2. The minimum Gasteiger partial charge on any atom is -0.310 e. The van der Waals surface area contributed by atoms with Gasteiger partial charge in [0.15, 0.2) is 5.78 Å². The van der Waals surface area contributed by atoms with Crippen LogP contribution in [-0.4, -0.2) is 21.5 Å². The highest BCUT2D eigenvalue weighted by atomic mass is 19.1. The lowest BCUT2D eigenvalue weighted by Gasteiger charge is -2.23. The number of fused-ring (bicyclic) bond motifs is 1. The molecule has 28 heavy (non-hydrogen) atoms. The molecule has 1 aliphatic heterocycles. The maximum absolute atomic E-state index is 13.3. The Bertz CT molecular complexity index is 1050. The maximum Gasteiger partial charge on any atom is 0.226 e. The fraction of sp³-hybridized carbons (Fsp3) is 0.227. The van der Waals surface area contributed by atoms with Gasteiger partial charge < -0.3 is 5.32 Å². The van der Waals surface area contributed by atoms with Crippen LogP contribution >= 0.6 is 0 Å². The number of amides is 1. The molecule has 2 heterocycles. The first-order valence-corrected chi connectivity index (χ1v) is 9.26. The molecule has 0 radical (unpaired) electrons. The molecule has 1 aromatic heterocycles. The summed E-state index contributed by atoms with van der Waals surface area (Å²) in [5.74, 6) is -0.803. The molecule has 1 amide bonds. The van der Waals surface area contributed by atoms with Crippen molar-refractivity contribution in [3.63, 3.8) is 0 Å². The third-order valence-electron chi connectivity index (χ3n) is 5.14. The number of halogens is 1. The SMILES string of the molecule is CCc1ccc(C(=O)[C@@H]2CC(=O)Nc3c2c(C)nn3-c2ccc(F)cc2)cc1. The van der Waals surface area contributed by atoms with E-state index in [1.54, 1.807) is 16.8 Å². The molecule has 0 bridgehead atoms. The van der Waals surface area contributed by atoms with Crippen molar-refractivity contribution in [3.8, 4) is 5.69 Å². The summed E-state index contributed by atoms with van der Waals surface area (Å²) >= 11 is 0. The van der Waals surface area contributed by atoms with Crippen molar-refractivity contribution in [1.82, 2.24) is 9.78 Å². The van der Waals surface area contributed by atoms with Crippen LogP contribution in [0.1, 0.15) is 46.4 Å². The fourth-order valence-corrected chi connectivity index (χ4v) is 3.65.